The molecule has 0 aromatic rings. The zero-order valence-electron chi connectivity index (χ0n) is 21.2. The van der Waals surface area contributed by atoms with Crippen molar-refractivity contribution < 1.29 is 77.7 Å². The van der Waals surface area contributed by atoms with Crippen molar-refractivity contribution >= 4 is 11.8 Å². The fraction of sp³-hybridized carbons (Fsp3) is 0.917. The monoisotopic (exact) mass is 454 g/mol. The smallest absolute Gasteiger partial charge is 1.00 e. The second-order valence-corrected chi connectivity index (χ2v) is 9.03. The van der Waals surface area contributed by atoms with Gasteiger partial charge in [0, 0.05) is 0 Å². The minimum Gasteiger partial charge on any atom is -1.00 e. The van der Waals surface area contributed by atoms with E-state index in [1.807, 2.05) is 0 Å². The molecule has 2 atom stereocenters. The fourth-order valence-electron chi connectivity index (χ4n) is 3.75. The van der Waals surface area contributed by atoms with E-state index in [-0.39, 0.29) is 59.2 Å². The third-order valence-electron chi connectivity index (χ3n) is 5.86. The summed E-state index contributed by atoms with van der Waals surface area (Å²) in [4.78, 5) is 23.0. The van der Waals surface area contributed by atoms with Crippen LogP contribution in [-0.2, 0) is 9.59 Å². The molecule has 0 aromatic carbocycles. The summed E-state index contributed by atoms with van der Waals surface area (Å²) in [5, 5.41) is 28.8. The first kappa shape index (κ1) is 32.9. The van der Waals surface area contributed by atoms with E-state index >= 15 is 0 Å². The molecule has 5 nitrogen and oxygen atoms in total. The molecule has 0 heterocycles. The molecule has 0 radical (unpaired) electrons. The Bertz CT molecular complexity index is 455. The molecule has 3 N–H and O–H groups in total. The van der Waals surface area contributed by atoms with Gasteiger partial charge in [0.1, 0.15) is 5.60 Å². The Kier molecular flexibility index (Phi) is 21.0. The summed E-state index contributed by atoms with van der Waals surface area (Å²) in [5.41, 5.74) is -4.35. The van der Waals surface area contributed by atoms with Crippen LogP contribution in [0.5, 0.6) is 0 Å². The number of rotatable bonds is 20. The summed E-state index contributed by atoms with van der Waals surface area (Å²) in [5.74, 6) is -2.67. The number of aliphatic hydroxyl groups is 2. The summed E-state index contributed by atoms with van der Waals surface area (Å²) in [7, 11) is 0. The SMILES string of the molecule is CCCCCCCCCCCCCCCCCCC(C)(O)C(=O)C(C)(O)C(=O)O.[H-].[K+]. The van der Waals surface area contributed by atoms with Crippen LogP contribution in [0.25, 0.3) is 0 Å². The van der Waals surface area contributed by atoms with Crippen molar-refractivity contribution in [2.24, 2.45) is 0 Å². The largest absolute Gasteiger partial charge is 1.00 e. The summed E-state index contributed by atoms with van der Waals surface area (Å²) < 4.78 is 0. The van der Waals surface area contributed by atoms with Crippen LogP contribution in [-0.4, -0.2) is 38.3 Å². The zero-order chi connectivity index (χ0) is 22.2. The quantitative estimate of drug-likeness (QED) is 0.149. The van der Waals surface area contributed by atoms with Crippen molar-refractivity contribution in [1.82, 2.24) is 0 Å². The molecule has 0 saturated carbocycles. The molecule has 0 aliphatic rings. The van der Waals surface area contributed by atoms with Gasteiger partial charge in [-0.1, -0.05) is 110 Å². The Morgan fingerprint density at radius 2 is 0.967 bits per heavy atom. The maximum Gasteiger partial charge on any atom is 1.00 e. The van der Waals surface area contributed by atoms with Crippen LogP contribution in [0.1, 0.15) is 131 Å². The van der Waals surface area contributed by atoms with Crippen LogP contribution in [0.4, 0.5) is 0 Å². The van der Waals surface area contributed by atoms with Crippen LogP contribution < -0.4 is 51.4 Å². The van der Waals surface area contributed by atoms with Crippen molar-refractivity contribution in [1.29, 1.82) is 0 Å². The molecule has 0 amide bonds. The van der Waals surface area contributed by atoms with Crippen LogP contribution in [0.15, 0.2) is 0 Å². The van der Waals surface area contributed by atoms with Crippen molar-refractivity contribution in [2.75, 3.05) is 0 Å². The van der Waals surface area contributed by atoms with E-state index in [2.05, 4.69) is 6.92 Å². The Balaban J connectivity index is -0.00000392. The molecule has 0 aliphatic carbocycles. The molecular weight excluding hydrogens is 407 g/mol. The van der Waals surface area contributed by atoms with Gasteiger partial charge in [-0.05, 0) is 20.3 Å². The predicted molar refractivity (Wildman–Crippen MR) is 119 cm³/mol. The number of carboxylic acids is 1. The summed E-state index contributed by atoms with van der Waals surface area (Å²) >= 11 is 0. The minimum atomic E-state index is -2.54. The Morgan fingerprint density at radius 1 is 0.667 bits per heavy atom. The van der Waals surface area contributed by atoms with Crippen LogP contribution in [0.3, 0.4) is 0 Å². The third-order valence-corrected chi connectivity index (χ3v) is 5.86. The molecule has 0 rings (SSSR count). The van der Waals surface area contributed by atoms with Crippen molar-refractivity contribution in [3.05, 3.63) is 0 Å². The standard InChI is InChI=1S/C24H46O5.K.H/c1-4-5-6-7-8-9-10-11-12-13-14-15-16-17-18-19-20-23(2,28)21(25)24(3,29)22(26)27;;/h28-29H,4-20H2,1-3H3,(H,26,27);;/q;+1;-1. The topological polar surface area (TPSA) is 94.8 Å². The van der Waals surface area contributed by atoms with E-state index in [4.69, 9.17) is 5.11 Å². The van der Waals surface area contributed by atoms with Crippen LogP contribution in [0.2, 0.25) is 0 Å². The molecule has 174 valence electrons. The van der Waals surface area contributed by atoms with Crippen molar-refractivity contribution in [3.63, 3.8) is 0 Å². The summed E-state index contributed by atoms with van der Waals surface area (Å²) in [6, 6.07) is 0. The van der Waals surface area contributed by atoms with E-state index in [1.54, 1.807) is 0 Å². The van der Waals surface area contributed by atoms with Gasteiger partial charge < -0.3 is 16.7 Å². The molecule has 0 fully saturated rings. The Morgan fingerprint density at radius 3 is 1.27 bits per heavy atom. The van der Waals surface area contributed by atoms with Gasteiger partial charge in [0.15, 0.2) is 0 Å². The van der Waals surface area contributed by atoms with Gasteiger partial charge in [-0.3, -0.25) is 4.79 Å². The molecule has 0 saturated heterocycles. The van der Waals surface area contributed by atoms with E-state index in [0.717, 1.165) is 26.2 Å². The van der Waals surface area contributed by atoms with Gasteiger partial charge in [0.25, 0.3) is 0 Å². The Hall–Kier alpha value is 0.696. The van der Waals surface area contributed by atoms with Crippen LogP contribution >= 0.6 is 0 Å². The number of ketones is 1. The third kappa shape index (κ3) is 15.5. The molecule has 0 spiro atoms. The van der Waals surface area contributed by atoms with Gasteiger partial charge >= 0.3 is 57.4 Å². The van der Waals surface area contributed by atoms with Crippen molar-refractivity contribution in [3.8, 4) is 0 Å². The van der Waals surface area contributed by atoms with Crippen LogP contribution in [0, 0.1) is 0 Å². The molecule has 30 heavy (non-hydrogen) atoms. The van der Waals surface area contributed by atoms with Gasteiger partial charge in [-0.25, -0.2) is 4.79 Å². The fourth-order valence-corrected chi connectivity index (χ4v) is 3.75. The zero-order valence-corrected chi connectivity index (χ0v) is 23.3. The average molecular weight is 455 g/mol. The number of Topliss-reactive ketones (excluding diaryl/α,β-unsaturated/α-hetero) is 1. The van der Waals surface area contributed by atoms with E-state index in [9.17, 15) is 19.8 Å². The number of carbonyl (C=O) groups is 2. The molecular formula is C24H47KO5. The van der Waals surface area contributed by atoms with Gasteiger partial charge in [0.05, 0.1) is 0 Å². The maximum atomic E-state index is 12.0. The predicted octanol–water partition coefficient (Wildman–Crippen LogP) is 2.91. The number of aliphatic carboxylic acids is 1. The molecule has 0 bridgehead atoms. The summed E-state index contributed by atoms with van der Waals surface area (Å²) in [6.45, 7) is 4.46. The number of carbonyl (C=O) groups excluding carboxylic acids is 1. The first-order valence-corrected chi connectivity index (χ1v) is 11.9. The molecule has 2 unspecified atom stereocenters. The molecule has 0 aromatic heterocycles. The second kappa shape index (κ2) is 19.2. The summed E-state index contributed by atoms with van der Waals surface area (Å²) in [6.07, 6.45) is 20.1. The van der Waals surface area contributed by atoms with Gasteiger partial charge in [-0.15, -0.1) is 0 Å². The first-order chi connectivity index (χ1) is 13.7. The van der Waals surface area contributed by atoms with E-state index in [1.165, 1.54) is 84.0 Å². The average Bonchev–Trinajstić information content (AvgIpc) is 2.66. The first-order valence-electron chi connectivity index (χ1n) is 11.9. The van der Waals surface area contributed by atoms with Gasteiger partial charge in [0.2, 0.25) is 11.4 Å². The molecule has 6 heteroatoms. The minimum absolute atomic E-state index is 0. The van der Waals surface area contributed by atoms with Gasteiger partial charge in [-0.2, -0.15) is 0 Å². The normalized spacial score (nSPS) is 15.1. The number of hydrogen-bond donors (Lipinski definition) is 3. The van der Waals surface area contributed by atoms with Crippen molar-refractivity contribution in [2.45, 2.75) is 141 Å². The number of carboxylic acid groups (broad SMARTS) is 1. The Labute approximate surface area is 228 Å². The number of hydrogen-bond acceptors (Lipinski definition) is 4. The molecule has 0 aliphatic heterocycles. The number of unbranched alkanes of at least 4 members (excludes halogenated alkanes) is 15. The van der Waals surface area contributed by atoms with E-state index < -0.39 is 23.0 Å². The second-order valence-electron chi connectivity index (χ2n) is 9.03. The maximum absolute atomic E-state index is 12.0. The van der Waals surface area contributed by atoms with E-state index in [0.29, 0.717) is 6.42 Å².